The topological polar surface area (TPSA) is 127 Å². The van der Waals surface area contributed by atoms with Crippen LogP contribution in [0.5, 0.6) is 0 Å². The van der Waals surface area contributed by atoms with Crippen molar-refractivity contribution < 1.29 is 62.0 Å². The number of rotatable bonds is 20. The molecule has 1 aliphatic rings. The number of unbranched alkanes of at least 4 members (excludes halogenated alkanes) is 10. The van der Waals surface area contributed by atoms with Crippen LogP contribution in [0, 0.1) is 0 Å². The first-order valence-corrected chi connectivity index (χ1v) is 14.1. The standard InChI is InChI=1S/C24H44N2O6S.Na/c1-2-3-4-5-6-7-8-9-10-11-12-13-14-15-23(29)24-25-16-17-26(24,18-19-27)20-22(28)21-33(30,31)32;/h13-14,22,27-28H,2-12,15-21H2,1H3;/q;+1/b14-13+;. The van der Waals surface area contributed by atoms with Crippen LogP contribution in [0.4, 0.5) is 0 Å². The van der Waals surface area contributed by atoms with E-state index in [-0.39, 0.29) is 71.8 Å². The minimum atomic E-state index is -4.59. The normalized spacial score (nSPS) is 19.2. The summed E-state index contributed by atoms with van der Waals surface area (Å²) in [5.41, 5.74) is 0. The molecule has 2 atom stereocenters. The molecule has 0 amide bonds. The number of carbonyl (C=O) groups excluding carboxylic acids is 1. The molecule has 1 aliphatic heterocycles. The molecule has 0 aliphatic carbocycles. The summed E-state index contributed by atoms with van der Waals surface area (Å²) in [7, 11) is -4.59. The van der Waals surface area contributed by atoms with Gasteiger partial charge in [-0.15, -0.1) is 0 Å². The van der Waals surface area contributed by atoms with E-state index in [9.17, 15) is 28.0 Å². The molecule has 0 spiro atoms. The third-order valence-electron chi connectivity index (χ3n) is 6.17. The third kappa shape index (κ3) is 14.4. The van der Waals surface area contributed by atoms with Gasteiger partial charge in [0, 0.05) is 6.42 Å². The molecule has 0 bridgehead atoms. The fraction of sp³-hybridized carbons (Fsp3) is 0.833. The van der Waals surface area contributed by atoms with Crippen molar-refractivity contribution in [3.8, 4) is 0 Å². The average molecular weight is 512 g/mol. The number of ketones is 1. The van der Waals surface area contributed by atoms with E-state index >= 15 is 0 Å². The molecule has 0 saturated carbocycles. The van der Waals surface area contributed by atoms with Crippen molar-refractivity contribution >= 4 is 21.7 Å². The number of aliphatic hydroxyl groups is 2. The van der Waals surface area contributed by atoms with Gasteiger partial charge in [0.1, 0.15) is 25.7 Å². The molecular formula is C24H44N2NaO6S+. The summed E-state index contributed by atoms with van der Waals surface area (Å²) in [6, 6.07) is 0. The van der Waals surface area contributed by atoms with E-state index in [2.05, 4.69) is 11.9 Å². The summed E-state index contributed by atoms with van der Waals surface area (Å²) < 4.78 is 32.8. The second-order valence-corrected chi connectivity index (χ2v) is 10.6. The second-order valence-electron chi connectivity index (χ2n) is 9.15. The minimum Gasteiger partial charge on any atom is -0.748 e. The molecule has 192 valence electrons. The van der Waals surface area contributed by atoms with E-state index in [1.54, 1.807) is 0 Å². The van der Waals surface area contributed by atoms with Crippen molar-refractivity contribution in [2.24, 2.45) is 4.99 Å². The van der Waals surface area contributed by atoms with Gasteiger partial charge in [-0.25, -0.2) is 13.4 Å². The van der Waals surface area contributed by atoms with Gasteiger partial charge in [-0.1, -0.05) is 76.9 Å². The fourth-order valence-electron chi connectivity index (χ4n) is 4.47. The van der Waals surface area contributed by atoms with Crippen molar-refractivity contribution in [3.05, 3.63) is 12.2 Å². The minimum absolute atomic E-state index is 0. The summed E-state index contributed by atoms with van der Waals surface area (Å²) in [4.78, 5) is 17.1. The molecule has 0 radical (unpaired) electrons. The van der Waals surface area contributed by atoms with E-state index in [4.69, 9.17) is 0 Å². The average Bonchev–Trinajstić information content (AvgIpc) is 3.13. The number of amidine groups is 1. The Labute approximate surface area is 228 Å². The van der Waals surface area contributed by atoms with Crippen molar-refractivity contribution in [2.75, 3.05) is 38.5 Å². The molecular weight excluding hydrogens is 467 g/mol. The molecule has 0 aromatic rings. The van der Waals surface area contributed by atoms with Crippen LogP contribution in [0.2, 0.25) is 0 Å². The maximum Gasteiger partial charge on any atom is 1.00 e. The fourth-order valence-corrected chi connectivity index (χ4v) is 5.05. The van der Waals surface area contributed by atoms with Gasteiger partial charge in [0.05, 0.1) is 29.0 Å². The van der Waals surface area contributed by atoms with Gasteiger partial charge in [-0.05, 0) is 12.8 Å². The van der Waals surface area contributed by atoms with Crippen molar-refractivity contribution in [2.45, 2.75) is 90.1 Å². The predicted octanol–water partition coefficient (Wildman–Crippen LogP) is -0.0559. The van der Waals surface area contributed by atoms with Crippen LogP contribution >= 0.6 is 0 Å². The molecule has 8 nitrogen and oxygen atoms in total. The monoisotopic (exact) mass is 511 g/mol. The zero-order chi connectivity index (χ0) is 24.6. The number of Topliss-reactive ketones (excluding diaryl/α,β-unsaturated/α-hetero) is 1. The van der Waals surface area contributed by atoms with Gasteiger partial charge in [0.25, 0.3) is 5.84 Å². The van der Waals surface area contributed by atoms with Crippen LogP contribution < -0.4 is 29.6 Å². The van der Waals surface area contributed by atoms with E-state index in [1.807, 2.05) is 12.2 Å². The predicted molar refractivity (Wildman–Crippen MR) is 130 cm³/mol. The smallest absolute Gasteiger partial charge is 0.748 e. The number of hydrogen-bond donors (Lipinski definition) is 2. The van der Waals surface area contributed by atoms with Crippen LogP contribution in [0.1, 0.15) is 84.0 Å². The van der Waals surface area contributed by atoms with Gasteiger partial charge in [-0.2, -0.15) is 0 Å². The molecule has 0 fully saturated rings. The van der Waals surface area contributed by atoms with Gasteiger partial charge in [0.2, 0.25) is 5.78 Å². The van der Waals surface area contributed by atoms with E-state index in [0.29, 0.717) is 13.1 Å². The Morgan fingerprint density at radius 2 is 1.68 bits per heavy atom. The SMILES string of the molecule is CCCCCCCCCCCC/C=C/CC(=O)C1=NCC[N+]1(CCO)CC(O)CS(=O)(=O)[O-].[Na+]. The van der Waals surface area contributed by atoms with Crippen molar-refractivity contribution in [1.82, 2.24) is 0 Å². The number of nitrogens with zero attached hydrogens (tertiary/aromatic N) is 2. The number of hydrogen-bond acceptors (Lipinski definition) is 7. The third-order valence-corrected chi connectivity index (χ3v) is 6.96. The van der Waals surface area contributed by atoms with Crippen molar-refractivity contribution in [1.29, 1.82) is 0 Å². The molecule has 34 heavy (non-hydrogen) atoms. The number of quaternary nitrogens is 1. The Morgan fingerprint density at radius 3 is 2.24 bits per heavy atom. The Hall–Kier alpha value is -0.130. The van der Waals surface area contributed by atoms with Crippen molar-refractivity contribution in [3.63, 3.8) is 0 Å². The molecule has 0 aromatic heterocycles. The van der Waals surface area contributed by atoms with Crippen LogP contribution in [-0.2, 0) is 14.9 Å². The first-order valence-electron chi connectivity index (χ1n) is 12.6. The molecule has 0 saturated heterocycles. The maximum absolute atomic E-state index is 12.8. The molecule has 0 aromatic carbocycles. The summed E-state index contributed by atoms with van der Waals surface area (Å²) in [6.45, 7) is 2.76. The summed E-state index contributed by atoms with van der Waals surface area (Å²) >= 11 is 0. The molecule has 10 heteroatoms. The van der Waals surface area contributed by atoms with Crippen LogP contribution in [-0.4, -0.2) is 83.9 Å². The van der Waals surface area contributed by atoms with Gasteiger partial charge in [-0.3, -0.25) is 9.28 Å². The first kappa shape index (κ1) is 33.9. The van der Waals surface area contributed by atoms with Gasteiger partial charge < -0.3 is 14.8 Å². The molecule has 1 heterocycles. The number of aliphatic hydroxyl groups excluding tert-OH is 2. The largest absolute Gasteiger partial charge is 1.00 e. The number of carbonyl (C=O) groups is 1. The van der Waals surface area contributed by atoms with E-state index in [0.717, 1.165) is 12.8 Å². The van der Waals surface area contributed by atoms with Crippen LogP contribution in [0.3, 0.4) is 0 Å². The zero-order valence-electron chi connectivity index (χ0n) is 21.3. The Morgan fingerprint density at radius 1 is 1.09 bits per heavy atom. The summed E-state index contributed by atoms with van der Waals surface area (Å²) in [5, 5.41) is 19.6. The van der Waals surface area contributed by atoms with E-state index in [1.165, 1.54) is 57.8 Å². The van der Waals surface area contributed by atoms with Gasteiger partial charge in [0.15, 0.2) is 0 Å². The van der Waals surface area contributed by atoms with Crippen LogP contribution in [0.25, 0.3) is 0 Å². The number of aliphatic imine (C=N–C) groups is 1. The Balaban J connectivity index is 0.0000109. The zero-order valence-corrected chi connectivity index (χ0v) is 24.1. The maximum atomic E-state index is 12.8. The molecule has 1 rings (SSSR count). The summed E-state index contributed by atoms with van der Waals surface area (Å²) in [5.74, 6) is -0.869. The van der Waals surface area contributed by atoms with Gasteiger partial charge >= 0.3 is 29.6 Å². The Bertz CT molecular complexity index is 729. The quantitative estimate of drug-likeness (QED) is 0.0775. The first-order chi connectivity index (χ1) is 15.7. The molecule has 2 unspecified atom stereocenters. The number of allylic oxidation sites excluding steroid dienone is 2. The van der Waals surface area contributed by atoms with Crippen LogP contribution in [0.15, 0.2) is 17.1 Å². The molecule has 2 N–H and O–H groups in total. The Kier molecular flexibility index (Phi) is 19.0. The summed E-state index contributed by atoms with van der Waals surface area (Å²) in [6.07, 6.45) is 16.4. The van der Waals surface area contributed by atoms with E-state index < -0.39 is 22.0 Å². The second kappa shape index (κ2) is 19.0.